The van der Waals surface area contributed by atoms with Gasteiger partial charge in [0.2, 0.25) is 11.8 Å². The molecule has 6 heteroatoms. The number of nitrogens with one attached hydrogen (secondary N) is 1. The molecule has 1 heterocycles. The first-order valence-electron chi connectivity index (χ1n) is 8.08. The molecule has 0 radical (unpaired) electrons. The first kappa shape index (κ1) is 18.1. The molecule has 0 aliphatic carbocycles. The Morgan fingerprint density at radius 3 is 2.78 bits per heavy atom. The Hall–Kier alpha value is -1.26. The second-order valence-electron chi connectivity index (χ2n) is 5.82. The van der Waals surface area contributed by atoms with E-state index in [0.29, 0.717) is 35.1 Å². The number of carbonyl (C=O) groups is 2. The van der Waals surface area contributed by atoms with Crippen LogP contribution in [0.5, 0.6) is 0 Å². The highest BCUT2D eigenvalue weighted by Crippen LogP contribution is 2.27. The van der Waals surface area contributed by atoms with E-state index in [4.69, 9.17) is 23.2 Å². The largest absolute Gasteiger partial charge is 0.331 e. The molecule has 0 spiro atoms. The molecule has 23 heavy (non-hydrogen) atoms. The van der Waals surface area contributed by atoms with E-state index >= 15 is 0 Å². The van der Waals surface area contributed by atoms with Crippen molar-refractivity contribution in [1.29, 1.82) is 0 Å². The van der Waals surface area contributed by atoms with Gasteiger partial charge in [0.05, 0.1) is 10.7 Å². The van der Waals surface area contributed by atoms with Crippen molar-refractivity contribution in [1.82, 2.24) is 4.90 Å². The van der Waals surface area contributed by atoms with E-state index in [-0.39, 0.29) is 11.8 Å². The molecule has 0 bridgehead atoms. The highest BCUT2D eigenvalue weighted by atomic mass is 35.5. The third-order valence-corrected chi connectivity index (χ3v) is 4.61. The molecular weight excluding hydrogens is 335 g/mol. The fourth-order valence-corrected chi connectivity index (χ4v) is 3.24. The van der Waals surface area contributed by atoms with Gasteiger partial charge in [-0.25, -0.2) is 0 Å². The Morgan fingerprint density at radius 1 is 1.30 bits per heavy atom. The van der Waals surface area contributed by atoms with Gasteiger partial charge in [-0.3, -0.25) is 9.59 Å². The number of carbonyl (C=O) groups excluding carboxylic acids is 2. The molecule has 1 aliphatic heterocycles. The monoisotopic (exact) mass is 356 g/mol. The van der Waals surface area contributed by atoms with E-state index in [1.807, 2.05) is 0 Å². The lowest BCUT2D eigenvalue weighted by atomic mass is 10.0. The molecule has 2 rings (SSSR count). The summed E-state index contributed by atoms with van der Waals surface area (Å²) in [5.41, 5.74) is 0.521. The van der Waals surface area contributed by atoms with Crippen LogP contribution in [0.2, 0.25) is 10.0 Å². The van der Waals surface area contributed by atoms with Crippen molar-refractivity contribution in [3.05, 3.63) is 28.2 Å². The minimum Gasteiger partial charge on any atom is -0.331 e. The molecular formula is C17H22Cl2N2O2. The van der Waals surface area contributed by atoms with Gasteiger partial charge in [0.1, 0.15) is 6.04 Å². The van der Waals surface area contributed by atoms with Crippen LogP contribution in [-0.4, -0.2) is 29.3 Å². The van der Waals surface area contributed by atoms with Crippen LogP contribution in [0.4, 0.5) is 5.69 Å². The first-order chi connectivity index (χ1) is 11.0. The maximum Gasteiger partial charge on any atom is 0.247 e. The number of piperidine rings is 1. The fraction of sp³-hybridized carbons (Fsp3) is 0.529. The molecule has 126 valence electrons. The van der Waals surface area contributed by atoms with Crippen molar-refractivity contribution in [3.63, 3.8) is 0 Å². The number of unbranched alkanes of at least 4 members (excludes halogenated alkanes) is 1. The highest BCUT2D eigenvalue weighted by Gasteiger charge is 2.31. The van der Waals surface area contributed by atoms with Gasteiger partial charge in [-0.2, -0.15) is 0 Å². The minimum atomic E-state index is -0.417. The van der Waals surface area contributed by atoms with Gasteiger partial charge in [-0.1, -0.05) is 36.5 Å². The summed E-state index contributed by atoms with van der Waals surface area (Å²) >= 11 is 12.0. The number of hydrogen-bond donors (Lipinski definition) is 1. The Morgan fingerprint density at radius 2 is 2.09 bits per heavy atom. The van der Waals surface area contributed by atoms with Crippen molar-refractivity contribution in [2.45, 2.75) is 51.5 Å². The Bertz CT molecular complexity index is 578. The van der Waals surface area contributed by atoms with Crippen molar-refractivity contribution < 1.29 is 9.59 Å². The van der Waals surface area contributed by atoms with Gasteiger partial charge in [0.25, 0.3) is 0 Å². The normalized spacial score (nSPS) is 17.9. The van der Waals surface area contributed by atoms with Gasteiger partial charge >= 0.3 is 0 Å². The van der Waals surface area contributed by atoms with Gasteiger partial charge in [-0.05, 0) is 43.9 Å². The standard InChI is InChI=1S/C17H22Cl2N2O2/c1-2-3-7-16(22)21-10-5-4-6-15(21)17(23)20-14-9-8-12(18)11-13(14)19/h8-9,11,15H,2-7,10H2,1H3,(H,20,23). The predicted molar refractivity (Wildman–Crippen MR) is 94.0 cm³/mol. The molecule has 4 nitrogen and oxygen atoms in total. The van der Waals surface area contributed by atoms with E-state index in [0.717, 1.165) is 25.7 Å². The third kappa shape index (κ3) is 4.85. The van der Waals surface area contributed by atoms with Crippen molar-refractivity contribution in [3.8, 4) is 0 Å². The second-order valence-corrected chi connectivity index (χ2v) is 6.66. The maximum atomic E-state index is 12.6. The molecule has 1 aromatic rings. The van der Waals surface area contributed by atoms with Crippen LogP contribution in [0, 0.1) is 0 Å². The quantitative estimate of drug-likeness (QED) is 0.843. The van der Waals surface area contributed by atoms with E-state index in [2.05, 4.69) is 12.2 Å². The van der Waals surface area contributed by atoms with Gasteiger partial charge in [0, 0.05) is 18.0 Å². The Balaban J connectivity index is 2.07. The number of anilines is 1. The molecule has 0 aromatic heterocycles. The number of hydrogen-bond acceptors (Lipinski definition) is 2. The van der Waals surface area contributed by atoms with Gasteiger partial charge in [-0.15, -0.1) is 0 Å². The maximum absolute atomic E-state index is 12.6. The average molecular weight is 357 g/mol. The van der Waals surface area contributed by atoms with E-state index in [9.17, 15) is 9.59 Å². The van der Waals surface area contributed by atoms with Crippen molar-refractivity contribution >= 4 is 40.7 Å². The number of rotatable bonds is 5. The topological polar surface area (TPSA) is 49.4 Å². The highest BCUT2D eigenvalue weighted by molar-refractivity contribution is 6.36. The minimum absolute atomic E-state index is 0.0638. The van der Waals surface area contributed by atoms with Crippen LogP contribution in [0.3, 0.4) is 0 Å². The summed E-state index contributed by atoms with van der Waals surface area (Å²) in [6.07, 6.45) is 4.91. The zero-order valence-corrected chi connectivity index (χ0v) is 14.8. The smallest absolute Gasteiger partial charge is 0.247 e. The Labute approximate surface area is 147 Å². The number of nitrogens with zero attached hydrogens (tertiary/aromatic N) is 1. The SMILES string of the molecule is CCCCC(=O)N1CCCCC1C(=O)Nc1ccc(Cl)cc1Cl. The number of amides is 2. The summed E-state index contributed by atoms with van der Waals surface area (Å²) in [7, 11) is 0. The van der Waals surface area contributed by atoms with Crippen LogP contribution in [0.15, 0.2) is 18.2 Å². The summed E-state index contributed by atoms with van der Waals surface area (Å²) in [5, 5.41) is 3.73. The molecule has 1 fully saturated rings. The van der Waals surface area contributed by atoms with E-state index in [1.54, 1.807) is 23.1 Å². The molecule has 1 unspecified atom stereocenters. The number of halogens is 2. The van der Waals surface area contributed by atoms with Crippen LogP contribution in [-0.2, 0) is 9.59 Å². The summed E-state index contributed by atoms with van der Waals surface area (Å²) < 4.78 is 0. The zero-order valence-electron chi connectivity index (χ0n) is 13.3. The van der Waals surface area contributed by atoms with Crippen molar-refractivity contribution in [2.24, 2.45) is 0 Å². The van der Waals surface area contributed by atoms with Gasteiger partial charge < -0.3 is 10.2 Å². The Kier molecular flexibility index (Phi) is 6.72. The average Bonchev–Trinajstić information content (AvgIpc) is 2.55. The van der Waals surface area contributed by atoms with Crippen LogP contribution in [0.1, 0.15) is 45.4 Å². The molecule has 1 aliphatic rings. The van der Waals surface area contributed by atoms with E-state index < -0.39 is 6.04 Å². The molecule has 1 atom stereocenters. The van der Waals surface area contributed by atoms with Gasteiger partial charge in [0.15, 0.2) is 0 Å². The fourth-order valence-electron chi connectivity index (χ4n) is 2.78. The summed E-state index contributed by atoms with van der Waals surface area (Å²) in [6.45, 7) is 2.70. The number of likely N-dealkylation sites (tertiary alicyclic amines) is 1. The molecule has 2 amide bonds. The molecule has 1 aromatic carbocycles. The second kappa shape index (κ2) is 8.55. The summed E-state index contributed by atoms with van der Waals surface area (Å²) in [6, 6.07) is 4.52. The third-order valence-electron chi connectivity index (χ3n) is 4.06. The first-order valence-corrected chi connectivity index (χ1v) is 8.84. The number of benzene rings is 1. The zero-order chi connectivity index (χ0) is 16.8. The molecule has 1 saturated heterocycles. The van der Waals surface area contributed by atoms with Crippen LogP contribution in [0.25, 0.3) is 0 Å². The lowest BCUT2D eigenvalue weighted by Crippen LogP contribution is -2.50. The summed E-state index contributed by atoms with van der Waals surface area (Å²) in [5.74, 6) is -0.118. The van der Waals surface area contributed by atoms with Crippen LogP contribution < -0.4 is 5.32 Å². The molecule has 0 saturated carbocycles. The molecule has 1 N–H and O–H groups in total. The van der Waals surface area contributed by atoms with Crippen molar-refractivity contribution in [2.75, 3.05) is 11.9 Å². The lowest BCUT2D eigenvalue weighted by molar-refractivity contribution is -0.140. The summed E-state index contributed by atoms with van der Waals surface area (Å²) in [4.78, 5) is 26.7. The lowest BCUT2D eigenvalue weighted by Gasteiger charge is -2.35. The van der Waals surface area contributed by atoms with E-state index in [1.165, 1.54) is 0 Å². The predicted octanol–water partition coefficient (Wildman–Crippen LogP) is 4.50. The van der Waals surface area contributed by atoms with Crippen LogP contribution >= 0.6 is 23.2 Å².